The number of rotatable bonds is 13. The minimum absolute atomic E-state index is 0.0152. The molecule has 0 radical (unpaired) electrons. The topological polar surface area (TPSA) is 53.5 Å². The van der Waals surface area contributed by atoms with E-state index in [9.17, 15) is 4.79 Å². The van der Waals surface area contributed by atoms with Gasteiger partial charge in [-0.25, -0.2) is 0 Å². The van der Waals surface area contributed by atoms with E-state index < -0.39 is 0 Å². The van der Waals surface area contributed by atoms with Crippen molar-refractivity contribution in [1.29, 1.82) is 0 Å². The summed E-state index contributed by atoms with van der Waals surface area (Å²) in [5.74, 6) is 0.770. The molecule has 146 valence electrons. The van der Waals surface area contributed by atoms with Crippen LogP contribution in [0.15, 0.2) is 23.2 Å². The van der Waals surface area contributed by atoms with Gasteiger partial charge in [0.25, 0.3) is 5.91 Å². The number of carbonyl (C=O) groups is 1. The van der Waals surface area contributed by atoms with Crippen LogP contribution in [-0.2, 0) is 0 Å². The number of hydrogen-bond donors (Lipinski definition) is 2. The second-order valence-electron chi connectivity index (χ2n) is 7.12. The van der Waals surface area contributed by atoms with E-state index >= 15 is 0 Å². The molecular weight excluding hydrogens is 322 g/mol. The Morgan fingerprint density at radius 1 is 1.04 bits per heavy atom. The molecule has 0 spiro atoms. The highest BCUT2D eigenvalue weighted by molar-refractivity contribution is 5.96. The van der Waals surface area contributed by atoms with Crippen LogP contribution in [0.4, 0.5) is 11.4 Å². The molecule has 1 unspecified atom stereocenters. The van der Waals surface area contributed by atoms with Crippen molar-refractivity contribution in [2.24, 2.45) is 10.9 Å². The summed E-state index contributed by atoms with van der Waals surface area (Å²) in [7, 11) is 1.84. The lowest BCUT2D eigenvalue weighted by Gasteiger charge is -2.22. The molecule has 1 aromatic carbocycles. The zero-order valence-electron chi connectivity index (χ0n) is 17.1. The van der Waals surface area contributed by atoms with Crippen molar-refractivity contribution < 1.29 is 4.79 Å². The van der Waals surface area contributed by atoms with E-state index in [-0.39, 0.29) is 11.9 Å². The van der Waals surface area contributed by atoms with E-state index in [0.717, 1.165) is 30.9 Å². The standard InChI is InChI=1S/C22H37N3O/c1-6-9-17(10-7-2)12-14-19(11-8-3)25-22(26)18-13-15-20(23-4)21(16-18)24-5/h13,15-17,19,23H,5-12,14H2,1-4H3,(H,25,26). The number of hydrogen-bond acceptors (Lipinski definition) is 3. The van der Waals surface area contributed by atoms with Crippen molar-refractivity contribution >= 4 is 24.0 Å². The summed E-state index contributed by atoms with van der Waals surface area (Å²) in [6.07, 6.45) is 9.43. The Balaban J connectivity index is 2.73. The molecular formula is C22H37N3O. The first-order valence-electron chi connectivity index (χ1n) is 10.2. The van der Waals surface area contributed by atoms with Crippen LogP contribution in [0.2, 0.25) is 0 Å². The van der Waals surface area contributed by atoms with Crippen LogP contribution in [0.1, 0.15) is 82.5 Å². The molecule has 1 rings (SSSR count). The third-order valence-electron chi connectivity index (χ3n) is 4.99. The lowest BCUT2D eigenvalue weighted by Crippen LogP contribution is -2.35. The summed E-state index contributed by atoms with van der Waals surface area (Å²) >= 11 is 0. The summed E-state index contributed by atoms with van der Waals surface area (Å²) in [6, 6.07) is 5.77. The molecule has 0 bridgehead atoms. The number of amides is 1. The highest BCUT2D eigenvalue weighted by Crippen LogP contribution is 2.26. The van der Waals surface area contributed by atoms with Gasteiger partial charge < -0.3 is 10.6 Å². The van der Waals surface area contributed by atoms with Gasteiger partial charge in [-0.05, 0) is 50.1 Å². The third-order valence-corrected chi connectivity index (χ3v) is 4.99. The molecule has 0 aromatic heterocycles. The molecule has 0 heterocycles. The van der Waals surface area contributed by atoms with Crippen molar-refractivity contribution in [3.05, 3.63) is 23.8 Å². The van der Waals surface area contributed by atoms with Gasteiger partial charge >= 0.3 is 0 Å². The van der Waals surface area contributed by atoms with E-state index in [0.29, 0.717) is 11.3 Å². The Kier molecular flexibility index (Phi) is 10.7. The highest BCUT2D eigenvalue weighted by Gasteiger charge is 2.16. The second kappa shape index (κ2) is 12.5. The second-order valence-corrected chi connectivity index (χ2v) is 7.12. The molecule has 26 heavy (non-hydrogen) atoms. The predicted molar refractivity (Wildman–Crippen MR) is 114 cm³/mol. The number of nitrogens with one attached hydrogen (secondary N) is 2. The molecule has 1 atom stereocenters. The van der Waals surface area contributed by atoms with Gasteiger partial charge in [-0.1, -0.05) is 52.9 Å². The van der Waals surface area contributed by atoms with Gasteiger partial charge in [-0.2, -0.15) is 0 Å². The van der Waals surface area contributed by atoms with E-state index in [1.165, 1.54) is 32.1 Å². The fraction of sp³-hybridized carbons (Fsp3) is 0.636. The maximum atomic E-state index is 12.7. The van der Waals surface area contributed by atoms with E-state index in [1.807, 2.05) is 19.2 Å². The van der Waals surface area contributed by atoms with Crippen LogP contribution < -0.4 is 10.6 Å². The minimum atomic E-state index is -0.0152. The van der Waals surface area contributed by atoms with E-state index in [4.69, 9.17) is 0 Å². The van der Waals surface area contributed by atoms with Crippen molar-refractivity contribution in [3.8, 4) is 0 Å². The number of carbonyl (C=O) groups excluding carboxylic acids is 1. The first kappa shape index (κ1) is 22.2. The van der Waals surface area contributed by atoms with Gasteiger partial charge in [0.05, 0.1) is 11.4 Å². The summed E-state index contributed by atoms with van der Waals surface area (Å²) in [6.45, 7) is 10.3. The van der Waals surface area contributed by atoms with Crippen molar-refractivity contribution in [3.63, 3.8) is 0 Å². The van der Waals surface area contributed by atoms with Gasteiger partial charge in [-0.3, -0.25) is 9.79 Å². The molecule has 2 N–H and O–H groups in total. The summed E-state index contributed by atoms with van der Waals surface area (Å²) < 4.78 is 0. The molecule has 1 aromatic rings. The molecule has 0 saturated heterocycles. The average molecular weight is 360 g/mol. The first-order valence-corrected chi connectivity index (χ1v) is 10.2. The Morgan fingerprint density at radius 2 is 1.69 bits per heavy atom. The highest BCUT2D eigenvalue weighted by atomic mass is 16.1. The molecule has 4 nitrogen and oxygen atoms in total. The number of aliphatic imine (C=N–C) groups is 1. The summed E-state index contributed by atoms with van der Waals surface area (Å²) in [5.41, 5.74) is 2.23. The van der Waals surface area contributed by atoms with Gasteiger partial charge in [-0.15, -0.1) is 0 Å². The van der Waals surface area contributed by atoms with Gasteiger partial charge in [0.1, 0.15) is 0 Å². The maximum Gasteiger partial charge on any atom is 0.251 e. The maximum absolute atomic E-state index is 12.7. The predicted octanol–water partition coefficient (Wildman–Crippen LogP) is 5.96. The molecule has 0 fully saturated rings. The van der Waals surface area contributed by atoms with Gasteiger partial charge in [0.15, 0.2) is 0 Å². The summed E-state index contributed by atoms with van der Waals surface area (Å²) in [5, 5.41) is 6.31. The van der Waals surface area contributed by atoms with Crippen molar-refractivity contribution in [1.82, 2.24) is 5.32 Å². The minimum Gasteiger partial charge on any atom is -0.386 e. The third kappa shape index (κ3) is 7.19. The van der Waals surface area contributed by atoms with Crippen LogP contribution in [0.3, 0.4) is 0 Å². The Bertz CT molecular complexity index is 550. The number of anilines is 1. The van der Waals surface area contributed by atoms with Gasteiger partial charge in [0, 0.05) is 18.7 Å². The Hall–Kier alpha value is -1.84. The first-order chi connectivity index (χ1) is 12.6. The van der Waals surface area contributed by atoms with Crippen LogP contribution in [0, 0.1) is 5.92 Å². The van der Waals surface area contributed by atoms with Crippen LogP contribution in [0.25, 0.3) is 0 Å². The molecule has 0 saturated carbocycles. The van der Waals surface area contributed by atoms with Crippen LogP contribution in [-0.4, -0.2) is 25.7 Å². The molecule has 0 aliphatic rings. The van der Waals surface area contributed by atoms with Crippen molar-refractivity contribution in [2.45, 2.75) is 78.2 Å². The largest absolute Gasteiger partial charge is 0.386 e. The van der Waals surface area contributed by atoms with Crippen LogP contribution in [0.5, 0.6) is 0 Å². The number of benzene rings is 1. The quantitative estimate of drug-likeness (QED) is 0.427. The van der Waals surface area contributed by atoms with Crippen molar-refractivity contribution in [2.75, 3.05) is 12.4 Å². The molecule has 0 aliphatic heterocycles. The zero-order valence-corrected chi connectivity index (χ0v) is 17.1. The normalized spacial score (nSPS) is 12.0. The lowest BCUT2D eigenvalue weighted by atomic mass is 9.90. The Morgan fingerprint density at radius 3 is 2.23 bits per heavy atom. The lowest BCUT2D eigenvalue weighted by molar-refractivity contribution is 0.0930. The van der Waals surface area contributed by atoms with Crippen LogP contribution >= 0.6 is 0 Å². The monoisotopic (exact) mass is 359 g/mol. The molecule has 0 aliphatic carbocycles. The zero-order chi connectivity index (χ0) is 19.4. The fourth-order valence-corrected chi connectivity index (χ4v) is 3.61. The fourth-order valence-electron chi connectivity index (χ4n) is 3.61. The molecule has 1 amide bonds. The molecule has 4 heteroatoms. The Labute approximate surface area is 159 Å². The summed E-state index contributed by atoms with van der Waals surface area (Å²) in [4.78, 5) is 16.7. The van der Waals surface area contributed by atoms with E-state index in [2.05, 4.69) is 43.1 Å². The average Bonchev–Trinajstić information content (AvgIpc) is 2.65. The SMILES string of the molecule is C=Nc1cc(C(=O)NC(CCC)CCC(CCC)CCC)ccc1NC. The van der Waals surface area contributed by atoms with Gasteiger partial charge in [0.2, 0.25) is 0 Å². The van der Waals surface area contributed by atoms with E-state index in [1.54, 1.807) is 6.07 Å². The number of nitrogens with zero attached hydrogens (tertiary/aromatic N) is 1. The smallest absolute Gasteiger partial charge is 0.251 e.